The van der Waals surface area contributed by atoms with Crippen molar-refractivity contribution in [2.24, 2.45) is 11.7 Å². The molecule has 2 unspecified atom stereocenters. The molecule has 1 aliphatic heterocycles. The quantitative estimate of drug-likeness (QED) is 0.806. The molecular formula is C20H30Cl2N2O2. The first-order valence-electron chi connectivity index (χ1n) is 9.34. The maximum atomic E-state index is 12.9. The smallest absolute Gasteiger partial charge is 0.224 e. The summed E-state index contributed by atoms with van der Waals surface area (Å²) in [5.41, 5.74) is 6.94. The van der Waals surface area contributed by atoms with E-state index < -0.39 is 5.54 Å². The monoisotopic (exact) mass is 400 g/mol. The Morgan fingerprint density at radius 3 is 2.62 bits per heavy atom. The van der Waals surface area contributed by atoms with Crippen molar-refractivity contribution < 1.29 is 9.53 Å². The molecule has 3 N–H and O–H groups in total. The molecule has 0 radical (unpaired) electrons. The molecule has 2 atom stereocenters. The number of benzene rings is 1. The molecule has 1 aromatic carbocycles. The van der Waals surface area contributed by atoms with Crippen LogP contribution in [-0.4, -0.2) is 31.2 Å². The zero-order chi connectivity index (χ0) is 17.9. The number of carbonyl (C=O) groups excluding carboxylic acids is 1. The largest absolute Gasteiger partial charge is 0.381 e. The Labute approximate surface area is 167 Å². The van der Waals surface area contributed by atoms with Crippen LogP contribution >= 0.6 is 24.0 Å². The second kappa shape index (κ2) is 8.92. The summed E-state index contributed by atoms with van der Waals surface area (Å²) in [6, 6.07) is 7.96. The van der Waals surface area contributed by atoms with E-state index >= 15 is 0 Å². The van der Waals surface area contributed by atoms with Gasteiger partial charge in [-0.15, -0.1) is 12.4 Å². The summed E-state index contributed by atoms with van der Waals surface area (Å²) in [6.45, 7) is 3.98. The number of hydrogen-bond donors (Lipinski definition) is 2. The summed E-state index contributed by atoms with van der Waals surface area (Å²) in [4.78, 5) is 12.9. The van der Waals surface area contributed by atoms with Gasteiger partial charge in [0.2, 0.25) is 5.91 Å². The standard InChI is InChI=1S/C20H29ClN2O2.ClH/c1-19(22)9-5-4-7-16(19)18(24)23-14-20(10-12-25-13-11-20)15-6-2-3-8-17(15)21;/h2-3,6,8,16H,4-5,7,9-14,22H2,1H3,(H,23,24);1H. The van der Waals surface area contributed by atoms with Crippen molar-refractivity contribution >= 4 is 29.9 Å². The fraction of sp³-hybridized carbons (Fsp3) is 0.650. The average molecular weight is 401 g/mol. The van der Waals surface area contributed by atoms with Gasteiger partial charge in [0.15, 0.2) is 0 Å². The SMILES string of the molecule is CC1(N)CCCCC1C(=O)NCC1(c2ccccc2Cl)CCOCC1.Cl. The van der Waals surface area contributed by atoms with Crippen molar-refractivity contribution in [1.29, 1.82) is 0 Å². The van der Waals surface area contributed by atoms with Crippen LogP contribution in [0.1, 0.15) is 51.0 Å². The van der Waals surface area contributed by atoms with Crippen LogP contribution in [0.2, 0.25) is 5.02 Å². The third-order valence-electron chi connectivity index (χ3n) is 6.07. The number of carbonyl (C=O) groups is 1. The van der Waals surface area contributed by atoms with E-state index in [1.54, 1.807) is 0 Å². The van der Waals surface area contributed by atoms with Crippen LogP contribution in [0.4, 0.5) is 0 Å². The minimum atomic E-state index is -0.407. The van der Waals surface area contributed by atoms with Gasteiger partial charge in [0.1, 0.15) is 0 Å². The number of halogens is 2. The Hall–Kier alpha value is -0.810. The van der Waals surface area contributed by atoms with Crippen molar-refractivity contribution in [3.05, 3.63) is 34.9 Å². The predicted molar refractivity (Wildman–Crippen MR) is 108 cm³/mol. The second-order valence-electron chi connectivity index (χ2n) is 7.89. The lowest BCUT2D eigenvalue weighted by atomic mass is 9.72. The molecule has 1 aliphatic carbocycles. The van der Waals surface area contributed by atoms with Crippen molar-refractivity contribution in [3.63, 3.8) is 0 Å². The van der Waals surface area contributed by atoms with Crippen LogP contribution in [-0.2, 0) is 14.9 Å². The lowest BCUT2D eigenvalue weighted by Gasteiger charge is -2.41. The van der Waals surface area contributed by atoms with E-state index in [0.29, 0.717) is 19.8 Å². The van der Waals surface area contributed by atoms with Crippen LogP contribution in [0.15, 0.2) is 24.3 Å². The highest BCUT2D eigenvalue weighted by atomic mass is 35.5. The van der Waals surface area contributed by atoms with Gasteiger partial charge < -0.3 is 15.8 Å². The van der Waals surface area contributed by atoms with Gasteiger partial charge in [-0.05, 0) is 44.2 Å². The first-order valence-corrected chi connectivity index (χ1v) is 9.72. The molecule has 146 valence electrons. The molecule has 4 nitrogen and oxygen atoms in total. The van der Waals surface area contributed by atoms with E-state index in [1.165, 1.54) is 0 Å². The van der Waals surface area contributed by atoms with Gasteiger partial charge in [-0.3, -0.25) is 4.79 Å². The Morgan fingerprint density at radius 1 is 1.27 bits per heavy atom. The van der Waals surface area contributed by atoms with Crippen LogP contribution in [0.5, 0.6) is 0 Å². The molecule has 26 heavy (non-hydrogen) atoms. The summed E-state index contributed by atoms with van der Waals surface area (Å²) >= 11 is 6.48. The van der Waals surface area contributed by atoms with E-state index in [2.05, 4.69) is 11.4 Å². The van der Waals surface area contributed by atoms with Crippen molar-refractivity contribution in [2.75, 3.05) is 19.8 Å². The zero-order valence-electron chi connectivity index (χ0n) is 15.4. The molecule has 0 bridgehead atoms. The summed E-state index contributed by atoms with van der Waals surface area (Å²) in [5, 5.41) is 3.97. The molecule has 1 saturated heterocycles. The molecule has 0 aromatic heterocycles. The molecule has 0 spiro atoms. The van der Waals surface area contributed by atoms with Crippen molar-refractivity contribution in [3.8, 4) is 0 Å². The Balaban J connectivity index is 0.00000243. The first-order chi connectivity index (χ1) is 11.9. The minimum absolute atomic E-state index is 0. The summed E-state index contributed by atoms with van der Waals surface area (Å²) in [6.07, 6.45) is 5.70. The van der Waals surface area contributed by atoms with E-state index in [4.69, 9.17) is 22.1 Å². The van der Waals surface area contributed by atoms with Gasteiger partial charge in [-0.2, -0.15) is 0 Å². The van der Waals surface area contributed by atoms with Gasteiger partial charge >= 0.3 is 0 Å². The highest BCUT2D eigenvalue weighted by Gasteiger charge is 2.40. The maximum Gasteiger partial charge on any atom is 0.224 e. The van der Waals surface area contributed by atoms with Crippen molar-refractivity contribution in [1.82, 2.24) is 5.32 Å². The topological polar surface area (TPSA) is 64.4 Å². The van der Waals surface area contributed by atoms with E-state index in [9.17, 15) is 4.79 Å². The first kappa shape index (κ1) is 21.5. The van der Waals surface area contributed by atoms with E-state index in [1.807, 2.05) is 25.1 Å². The van der Waals surface area contributed by atoms with Gasteiger partial charge in [0.05, 0.1) is 5.92 Å². The lowest BCUT2D eigenvalue weighted by Crippen LogP contribution is -2.54. The van der Waals surface area contributed by atoms with Crippen LogP contribution in [0, 0.1) is 5.92 Å². The zero-order valence-corrected chi connectivity index (χ0v) is 17.0. The Morgan fingerprint density at radius 2 is 1.96 bits per heavy atom. The maximum absolute atomic E-state index is 12.9. The highest BCUT2D eigenvalue weighted by molar-refractivity contribution is 6.31. The van der Waals surface area contributed by atoms with Gasteiger partial charge in [0, 0.05) is 35.7 Å². The molecule has 2 aliphatic rings. The van der Waals surface area contributed by atoms with Crippen LogP contribution in [0.25, 0.3) is 0 Å². The van der Waals surface area contributed by atoms with E-state index in [0.717, 1.165) is 49.1 Å². The highest BCUT2D eigenvalue weighted by Crippen LogP contribution is 2.38. The fourth-order valence-corrected chi connectivity index (χ4v) is 4.70. The summed E-state index contributed by atoms with van der Waals surface area (Å²) in [5.74, 6) is -0.0213. The average Bonchev–Trinajstić information content (AvgIpc) is 2.60. The minimum Gasteiger partial charge on any atom is -0.381 e. The van der Waals surface area contributed by atoms with E-state index in [-0.39, 0.29) is 29.6 Å². The normalized spacial score (nSPS) is 28.0. The summed E-state index contributed by atoms with van der Waals surface area (Å²) < 4.78 is 5.57. The fourth-order valence-electron chi connectivity index (χ4n) is 4.36. The lowest BCUT2D eigenvalue weighted by molar-refractivity contribution is -0.128. The molecule has 2 fully saturated rings. The molecule has 3 rings (SSSR count). The molecule has 1 saturated carbocycles. The number of rotatable bonds is 4. The van der Waals surface area contributed by atoms with Gasteiger partial charge in [0.25, 0.3) is 0 Å². The molecular weight excluding hydrogens is 371 g/mol. The number of nitrogens with one attached hydrogen (secondary N) is 1. The van der Waals surface area contributed by atoms with Crippen LogP contribution in [0.3, 0.4) is 0 Å². The molecule has 1 aromatic rings. The predicted octanol–water partition coefficient (Wildman–Crippen LogP) is 3.83. The number of hydrogen-bond acceptors (Lipinski definition) is 3. The molecule has 1 heterocycles. The Kier molecular flexibility index (Phi) is 7.37. The van der Waals surface area contributed by atoms with Crippen molar-refractivity contribution in [2.45, 2.75) is 56.4 Å². The third-order valence-corrected chi connectivity index (χ3v) is 6.40. The molecule has 6 heteroatoms. The third kappa shape index (κ3) is 4.53. The molecule has 1 amide bonds. The number of ether oxygens (including phenoxy) is 1. The Bertz CT molecular complexity index is 616. The van der Waals surface area contributed by atoms with Gasteiger partial charge in [-0.25, -0.2) is 0 Å². The van der Waals surface area contributed by atoms with Gasteiger partial charge in [-0.1, -0.05) is 42.6 Å². The van der Waals surface area contributed by atoms with Crippen LogP contribution < -0.4 is 11.1 Å². The number of nitrogens with two attached hydrogens (primary N) is 1. The number of amides is 1. The summed E-state index contributed by atoms with van der Waals surface area (Å²) in [7, 11) is 0. The second-order valence-corrected chi connectivity index (χ2v) is 8.30.